The number of benzene rings is 1. The molecular formula is C11H13BrFNO2S. The lowest BCUT2D eigenvalue weighted by Crippen LogP contribution is -2.33. The van der Waals surface area contributed by atoms with Gasteiger partial charge in [-0.2, -0.15) is 0 Å². The predicted octanol–water partition coefficient (Wildman–Crippen LogP) is 2.08. The molecule has 0 aromatic heterocycles. The summed E-state index contributed by atoms with van der Waals surface area (Å²) >= 11 is 3.11. The molecular weight excluding hydrogens is 309 g/mol. The normalized spacial score (nSPS) is 14.1. The van der Waals surface area contributed by atoms with E-state index in [-0.39, 0.29) is 17.4 Å². The van der Waals surface area contributed by atoms with Crippen LogP contribution >= 0.6 is 15.9 Å². The Morgan fingerprint density at radius 1 is 1.59 bits per heavy atom. The number of halogens is 2. The van der Waals surface area contributed by atoms with Gasteiger partial charge in [-0.15, -0.1) is 0 Å². The summed E-state index contributed by atoms with van der Waals surface area (Å²) in [5, 5.41) is 2.40. The smallest absolute Gasteiger partial charge is 0.254 e. The van der Waals surface area contributed by atoms with Gasteiger partial charge < -0.3 is 5.32 Å². The van der Waals surface area contributed by atoms with Crippen molar-refractivity contribution in [2.24, 2.45) is 0 Å². The SMILES string of the molecule is CC(CNC(=O)c1ccc(Br)cc1F)S(C)=O. The van der Waals surface area contributed by atoms with Gasteiger partial charge in [-0.1, -0.05) is 15.9 Å². The quantitative estimate of drug-likeness (QED) is 0.923. The van der Waals surface area contributed by atoms with Crippen LogP contribution in [0.15, 0.2) is 22.7 Å². The highest BCUT2D eigenvalue weighted by molar-refractivity contribution is 9.10. The van der Waals surface area contributed by atoms with Crippen molar-refractivity contribution in [3.8, 4) is 0 Å². The molecule has 0 saturated heterocycles. The summed E-state index contributed by atoms with van der Waals surface area (Å²) < 4.78 is 25.1. The van der Waals surface area contributed by atoms with Gasteiger partial charge in [-0.05, 0) is 25.1 Å². The fourth-order valence-corrected chi connectivity index (χ4v) is 1.77. The zero-order valence-corrected chi connectivity index (χ0v) is 11.9. The maximum absolute atomic E-state index is 13.4. The molecule has 0 heterocycles. The van der Waals surface area contributed by atoms with E-state index in [2.05, 4.69) is 21.2 Å². The van der Waals surface area contributed by atoms with Crippen molar-refractivity contribution in [2.45, 2.75) is 12.2 Å². The van der Waals surface area contributed by atoms with E-state index in [4.69, 9.17) is 0 Å². The number of nitrogens with one attached hydrogen (secondary N) is 1. The second-order valence-corrected chi connectivity index (χ2v) is 6.36. The zero-order chi connectivity index (χ0) is 13.0. The molecule has 6 heteroatoms. The highest BCUT2D eigenvalue weighted by Gasteiger charge is 2.13. The van der Waals surface area contributed by atoms with Crippen LogP contribution in [0, 0.1) is 5.82 Å². The molecule has 2 unspecified atom stereocenters. The van der Waals surface area contributed by atoms with Crippen LogP contribution in [0.25, 0.3) is 0 Å². The summed E-state index contributed by atoms with van der Waals surface area (Å²) in [4.78, 5) is 11.6. The summed E-state index contributed by atoms with van der Waals surface area (Å²) in [5.74, 6) is -1.07. The molecule has 2 atom stereocenters. The molecule has 0 spiro atoms. The second kappa shape index (κ2) is 6.26. The average Bonchev–Trinajstić information content (AvgIpc) is 2.25. The fraction of sp³-hybridized carbons (Fsp3) is 0.364. The molecule has 1 N–H and O–H groups in total. The Morgan fingerprint density at radius 2 is 2.24 bits per heavy atom. The molecule has 94 valence electrons. The zero-order valence-electron chi connectivity index (χ0n) is 9.50. The fourth-order valence-electron chi connectivity index (χ4n) is 1.12. The first kappa shape index (κ1) is 14.3. The van der Waals surface area contributed by atoms with E-state index in [1.54, 1.807) is 19.2 Å². The van der Waals surface area contributed by atoms with Crippen molar-refractivity contribution in [1.82, 2.24) is 5.32 Å². The van der Waals surface area contributed by atoms with Gasteiger partial charge in [0.15, 0.2) is 0 Å². The van der Waals surface area contributed by atoms with Crippen molar-refractivity contribution in [1.29, 1.82) is 0 Å². The largest absolute Gasteiger partial charge is 0.351 e. The van der Waals surface area contributed by atoms with Crippen LogP contribution in [-0.2, 0) is 10.8 Å². The van der Waals surface area contributed by atoms with Crippen LogP contribution in [-0.4, -0.2) is 28.2 Å². The Hall–Kier alpha value is -0.750. The minimum Gasteiger partial charge on any atom is -0.351 e. The van der Waals surface area contributed by atoms with E-state index >= 15 is 0 Å². The van der Waals surface area contributed by atoms with Crippen molar-refractivity contribution >= 4 is 32.6 Å². The van der Waals surface area contributed by atoms with Crippen molar-refractivity contribution in [3.05, 3.63) is 34.1 Å². The monoisotopic (exact) mass is 321 g/mol. The standard InChI is InChI=1S/C11H13BrFNO2S/c1-7(17(2)16)6-14-11(15)9-4-3-8(12)5-10(9)13/h3-5,7H,6H2,1-2H3,(H,14,15). The highest BCUT2D eigenvalue weighted by Crippen LogP contribution is 2.15. The minimum absolute atomic E-state index is 0.0118. The van der Waals surface area contributed by atoms with E-state index in [0.29, 0.717) is 4.47 Å². The van der Waals surface area contributed by atoms with Gasteiger partial charge in [0.1, 0.15) is 5.82 Å². The summed E-state index contributed by atoms with van der Waals surface area (Å²) in [6.45, 7) is 2.02. The highest BCUT2D eigenvalue weighted by atomic mass is 79.9. The van der Waals surface area contributed by atoms with Crippen LogP contribution in [0.3, 0.4) is 0 Å². The minimum atomic E-state index is -1.01. The van der Waals surface area contributed by atoms with Crippen LogP contribution in [0.4, 0.5) is 4.39 Å². The second-order valence-electron chi connectivity index (χ2n) is 3.64. The molecule has 1 aromatic carbocycles. The van der Waals surface area contributed by atoms with Crippen molar-refractivity contribution in [3.63, 3.8) is 0 Å². The van der Waals surface area contributed by atoms with Gasteiger partial charge in [-0.25, -0.2) is 4.39 Å². The first-order valence-electron chi connectivity index (χ1n) is 4.97. The maximum atomic E-state index is 13.4. The molecule has 3 nitrogen and oxygen atoms in total. The number of rotatable bonds is 4. The Balaban J connectivity index is 2.67. The molecule has 0 fully saturated rings. The lowest BCUT2D eigenvalue weighted by Gasteiger charge is -2.10. The average molecular weight is 322 g/mol. The number of hydrogen-bond acceptors (Lipinski definition) is 2. The third kappa shape index (κ3) is 4.20. The lowest BCUT2D eigenvalue weighted by atomic mass is 10.2. The molecule has 0 aliphatic heterocycles. The lowest BCUT2D eigenvalue weighted by molar-refractivity contribution is 0.0950. The number of carbonyl (C=O) groups excluding carboxylic acids is 1. The molecule has 0 radical (unpaired) electrons. The van der Waals surface area contributed by atoms with Gasteiger partial charge in [0.25, 0.3) is 5.91 Å². The summed E-state index contributed by atoms with van der Waals surface area (Å²) in [6, 6.07) is 4.23. The Labute approximate surface area is 110 Å². The van der Waals surface area contributed by atoms with Crippen molar-refractivity contribution in [2.75, 3.05) is 12.8 Å². The Morgan fingerprint density at radius 3 is 2.76 bits per heavy atom. The van der Waals surface area contributed by atoms with Gasteiger partial charge in [0.05, 0.1) is 5.56 Å². The van der Waals surface area contributed by atoms with E-state index in [9.17, 15) is 13.4 Å². The van der Waals surface area contributed by atoms with Crippen LogP contribution in [0.2, 0.25) is 0 Å². The van der Waals surface area contributed by atoms with Gasteiger partial charge >= 0.3 is 0 Å². The van der Waals surface area contributed by atoms with Gasteiger partial charge in [0.2, 0.25) is 0 Å². The number of carbonyl (C=O) groups is 1. The molecule has 1 aromatic rings. The summed E-state index contributed by atoms with van der Waals surface area (Å²) in [5.41, 5.74) is -0.0118. The summed E-state index contributed by atoms with van der Waals surface area (Å²) in [6.07, 6.45) is 1.57. The Bertz CT molecular complexity index is 453. The van der Waals surface area contributed by atoms with E-state index in [1.165, 1.54) is 12.1 Å². The third-order valence-corrected chi connectivity index (χ3v) is 4.09. The molecule has 0 aliphatic carbocycles. The Kier molecular flexibility index (Phi) is 5.27. The molecule has 0 bridgehead atoms. The van der Waals surface area contributed by atoms with E-state index in [1.807, 2.05) is 0 Å². The first-order valence-corrected chi connectivity index (χ1v) is 7.38. The van der Waals surface area contributed by atoms with Crippen LogP contribution in [0.5, 0.6) is 0 Å². The van der Waals surface area contributed by atoms with Crippen molar-refractivity contribution < 1.29 is 13.4 Å². The molecule has 0 saturated carbocycles. The molecule has 0 aliphatic rings. The van der Waals surface area contributed by atoms with Gasteiger partial charge in [-0.3, -0.25) is 9.00 Å². The predicted molar refractivity (Wildman–Crippen MR) is 70.0 cm³/mol. The maximum Gasteiger partial charge on any atom is 0.254 e. The van der Waals surface area contributed by atoms with E-state index < -0.39 is 22.5 Å². The summed E-state index contributed by atoms with van der Waals surface area (Å²) in [7, 11) is -1.01. The van der Waals surface area contributed by atoms with Crippen LogP contribution < -0.4 is 5.32 Å². The molecule has 1 rings (SSSR count). The third-order valence-electron chi connectivity index (χ3n) is 2.29. The van der Waals surface area contributed by atoms with Crippen LogP contribution in [0.1, 0.15) is 17.3 Å². The topological polar surface area (TPSA) is 46.2 Å². The number of hydrogen-bond donors (Lipinski definition) is 1. The van der Waals surface area contributed by atoms with Gasteiger partial charge in [0, 0.05) is 33.3 Å². The van der Waals surface area contributed by atoms with E-state index in [0.717, 1.165) is 0 Å². The molecule has 1 amide bonds. The number of amides is 1. The first-order chi connectivity index (χ1) is 7.91. The molecule has 17 heavy (non-hydrogen) atoms.